The molecule has 1 N–H and O–H groups in total. The zero-order chi connectivity index (χ0) is 50.7. The van der Waals surface area contributed by atoms with Gasteiger partial charge in [-0.15, -0.1) is 0 Å². The standard InChI is InChI=1S/C74H48N2O/c1-2-18-48(19-3-1)50-20-16-22-55(44-50)76(54-40-36-49(37-41-54)52-39-43-63-60(46-52)58-25-5-7-27-62(58)73(63)66-30-10-14-34-71(66)77-72-35-15-11-31-67(72)73)56-23-17-21-51(45-56)53-38-42-59-57-24-4-6-26-61(57)74(68(59)47-53)64-28-8-12-32-69(64)75-70-33-13-9-29-65(70)74/h1-47,75H. The molecule has 2 spiro atoms. The largest absolute Gasteiger partial charge is 0.457 e. The number of fused-ring (bicyclic) bond motifs is 18. The first-order valence-electron chi connectivity index (χ1n) is 26.6. The van der Waals surface area contributed by atoms with E-state index in [2.05, 4.69) is 295 Å². The van der Waals surface area contributed by atoms with Crippen LogP contribution in [0.1, 0.15) is 44.5 Å². The number of para-hydroxylation sites is 4. The Balaban J connectivity index is 0.822. The first-order valence-corrected chi connectivity index (χ1v) is 26.6. The molecule has 0 saturated heterocycles. The number of hydrogen-bond acceptors (Lipinski definition) is 3. The molecule has 12 aromatic carbocycles. The van der Waals surface area contributed by atoms with Crippen molar-refractivity contribution in [1.29, 1.82) is 0 Å². The van der Waals surface area contributed by atoms with Crippen LogP contribution < -0.4 is 15.0 Å². The van der Waals surface area contributed by atoms with E-state index in [0.29, 0.717) is 0 Å². The smallest absolute Gasteiger partial charge is 0.132 e. The first-order chi connectivity index (χ1) is 38.2. The molecule has 3 heteroatoms. The molecule has 4 aliphatic rings. The maximum absolute atomic E-state index is 6.60. The van der Waals surface area contributed by atoms with Gasteiger partial charge in [0.2, 0.25) is 0 Å². The molecule has 3 nitrogen and oxygen atoms in total. The molecule has 12 aromatic rings. The van der Waals surface area contributed by atoms with Crippen LogP contribution in [0.15, 0.2) is 285 Å². The lowest BCUT2D eigenvalue weighted by atomic mass is 9.65. The van der Waals surface area contributed by atoms with E-state index < -0.39 is 10.8 Å². The SMILES string of the molecule is c1ccc(-c2cccc(N(c3ccc(-c4ccc5c(c4)-c4ccccc4C54c5ccccc5Oc5ccccc54)cc3)c3cccc(-c4ccc5c(c4)C4(c6ccccc6Nc6ccccc64)c4ccccc4-5)c3)c2)cc1. The van der Waals surface area contributed by atoms with Crippen LogP contribution in [0.5, 0.6) is 11.5 Å². The maximum Gasteiger partial charge on any atom is 0.132 e. The Morgan fingerprint density at radius 3 is 1.30 bits per heavy atom. The Kier molecular flexibility index (Phi) is 9.47. The molecule has 0 bridgehead atoms. The second kappa shape index (κ2) is 16.8. The van der Waals surface area contributed by atoms with E-state index in [9.17, 15) is 0 Å². The van der Waals surface area contributed by atoms with Gasteiger partial charge < -0.3 is 15.0 Å². The lowest BCUT2D eigenvalue weighted by Gasteiger charge is -2.40. The quantitative estimate of drug-likeness (QED) is 0.180. The molecule has 360 valence electrons. The van der Waals surface area contributed by atoms with Crippen molar-refractivity contribution >= 4 is 28.4 Å². The van der Waals surface area contributed by atoms with Gasteiger partial charge in [-0.25, -0.2) is 0 Å². The Bertz CT molecular complexity index is 4270. The maximum atomic E-state index is 6.60. The molecule has 2 heterocycles. The number of anilines is 5. The van der Waals surface area contributed by atoms with Gasteiger partial charge in [0, 0.05) is 39.6 Å². The highest BCUT2D eigenvalue weighted by atomic mass is 16.5. The fourth-order valence-corrected chi connectivity index (χ4v) is 13.7. The number of hydrogen-bond donors (Lipinski definition) is 1. The van der Waals surface area contributed by atoms with Crippen molar-refractivity contribution in [2.45, 2.75) is 10.8 Å². The Morgan fingerprint density at radius 1 is 0.247 bits per heavy atom. The van der Waals surface area contributed by atoms with Crippen LogP contribution >= 0.6 is 0 Å². The minimum Gasteiger partial charge on any atom is -0.457 e. The van der Waals surface area contributed by atoms with Crippen molar-refractivity contribution in [3.63, 3.8) is 0 Å². The fraction of sp³-hybridized carbons (Fsp3) is 0.0270. The van der Waals surface area contributed by atoms with Crippen molar-refractivity contribution < 1.29 is 4.74 Å². The molecule has 0 atom stereocenters. The second-order valence-corrected chi connectivity index (χ2v) is 20.8. The van der Waals surface area contributed by atoms with Crippen molar-refractivity contribution in [3.8, 4) is 67.1 Å². The highest BCUT2D eigenvalue weighted by Crippen LogP contribution is 2.64. The van der Waals surface area contributed by atoms with Crippen LogP contribution in [0.3, 0.4) is 0 Å². The third kappa shape index (κ3) is 6.26. The molecular formula is C74H48N2O. The van der Waals surface area contributed by atoms with Crippen molar-refractivity contribution in [3.05, 3.63) is 330 Å². The zero-order valence-corrected chi connectivity index (χ0v) is 42.0. The van der Waals surface area contributed by atoms with E-state index in [1.165, 1.54) is 83.5 Å². The zero-order valence-electron chi connectivity index (χ0n) is 42.0. The predicted molar refractivity (Wildman–Crippen MR) is 315 cm³/mol. The highest BCUT2D eigenvalue weighted by Gasteiger charge is 2.52. The van der Waals surface area contributed by atoms with Gasteiger partial charge in [-0.2, -0.15) is 0 Å². The summed E-state index contributed by atoms with van der Waals surface area (Å²) in [4.78, 5) is 2.41. The summed E-state index contributed by atoms with van der Waals surface area (Å²) in [5.41, 5.74) is 26.7. The number of nitrogens with zero attached hydrogens (tertiary/aromatic N) is 1. The lowest BCUT2D eigenvalue weighted by molar-refractivity contribution is 0.436. The number of rotatable bonds is 6. The minimum atomic E-state index is -0.501. The first kappa shape index (κ1) is 43.4. The van der Waals surface area contributed by atoms with Crippen LogP contribution in [-0.4, -0.2) is 0 Å². The van der Waals surface area contributed by atoms with Gasteiger partial charge in [0.15, 0.2) is 0 Å². The van der Waals surface area contributed by atoms with E-state index >= 15 is 0 Å². The monoisotopic (exact) mass is 980 g/mol. The summed E-state index contributed by atoms with van der Waals surface area (Å²) in [5, 5.41) is 3.80. The van der Waals surface area contributed by atoms with Gasteiger partial charge in [0.05, 0.1) is 10.8 Å². The van der Waals surface area contributed by atoms with Crippen LogP contribution in [0, 0.1) is 0 Å². The number of ether oxygens (including phenoxy) is 1. The molecule has 0 radical (unpaired) electrons. The molecule has 0 aromatic heterocycles. The predicted octanol–water partition coefficient (Wildman–Crippen LogP) is 19.0. The molecule has 0 amide bonds. The third-order valence-corrected chi connectivity index (χ3v) is 16.9. The van der Waals surface area contributed by atoms with Crippen molar-refractivity contribution in [1.82, 2.24) is 0 Å². The van der Waals surface area contributed by atoms with Gasteiger partial charge in [0.25, 0.3) is 0 Å². The van der Waals surface area contributed by atoms with E-state index in [0.717, 1.165) is 56.6 Å². The van der Waals surface area contributed by atoms with Crippen molar-refractivity contribution in [2.75, 3.05) is 10.2 Å². The molecule has 0 saturated carbocycles. The number of nitrogens with one attached hydrogen (secondary N) is 1. The summed E-state index contributed by atoms with van der Waals surface area (Å²) in [6.45, 7) is 0. The summed E-state index contributed by atoms with van der Waals surface area (Å²) in [5.74, 6) is 1.80. The van der Waals surface area contributed by atoms with Gasteiger partial charge in [-0.3, -0.25) is 0 Å². The van der Waals surface area contributed by atoms with Crippen molar-refractivity contribution in [2.24, 2.45) is 0 Å². The van der Waals surface area contributed by atoms with Crippen LogP contribution in [0.2, 0.25) is 0 Å². The van der Waals surface area contributed by atoms with Crippen LogP contribution in [-0.2, 0) is 10.8 Å². The Morgan fingerprint density at radius 2 is 0.662 bits per heavy atom. The van der Waals surface area contributed by atoms with E-state index in [1.807, 2.05) is 0 Å². The summed E-state index contributed by atoms with van der Waals surface area (Å²) in [6.07, 6.45) is 0. The van der Waals surface area contributed by atoms with Gasteiger partial charge in [-0.1, -0.05) is 212 Å². The Hall–Kier alpha value is -9.96. The van der Waals surface area contributed by atoms with Gasteiger partial charge in [-0.05, 0) is 162 Å². The van der Waals surface area contributed by atoms with Gasteiger partial charge >= 0.3 is 0 Å². The topological polar surface area (TPSA) is 24.5 Å². The molecule has 0 fully saturated rings. The minimum absolute atomic E-state index is 0.491. The summed E-state index contributed by atoms with van der Waals surface area (Å²) < 4.78 is 6.60. The average Bonchev–Trinajstić information content (AvgIpc) is 4.19. The van der Waals surface area contributed by atoms with Crippen LogP contribution in [0.25, 0.3) is 55.6 Å². The molecule has 2 aliphatic heterocycles. The normalized spacial score (nSPS) is 13.9. The molecule has 16 rings (SSSR count). The summed E-state index contributed by atoms with van der Waals surface area (Å²) in [7, 11) is 0. The summed E-state index contributed by atoms with van der Waals surface area (Å²) in [6, 6.07) is 105. The van der Waals surface area contributed by atoms with Crippen LogP contribution in [0.4, 0.5) is 28.4 Å². The molecular weight excluding hydrogens is 933 g/mol. The average molecular weight is 981 g/mol. The highest BCUT2D eigenvalue weighted by molar-refractivity contribution is 5.95. The van der Waals surface area contributed by atoms with E-state index in [4.69, 9.17) is 4.74 Å². The van der Waals surface area contributed by atoms with E-state index in [-0.39, 0.29) is 0 Å². The second-order valence-electron chi connectivity index (χ2n) is 20.8. The number of benzene rings is 12. The lowest BCUT2D eigenvalue weighted by Crippen LogP contribution is -2.33. The van der Waals surface area contributed by atoms with E-state index in [1.54, 1.807) is 0 Å². The molecule has 2 aliphatic carbocycles. The molecule has 77 heavy (non-hydrogen) atoms. The third-order valence-electron chi connectivity index (χ3n) is 16.9. The van der Waals surface area contributed by atoms with Gasteiger partial charge in [0.1, 0.15) is 11.5 Å². The molecule has 0 unspecified atom stereocenters. The Labute approximate surface area is 448 Å². The summed E-state index contributed by atoms with van der Waals surface area (Å²) >= 11 is 0. The fourth-order valence-electron chi connectivity index (χ4n) is 13.7.